The summed E-state index contributed by atoms with van der Waals surface area (Å²) >= 11 is 0. The topological polar surface area (TPSA) is 209 Å². The van der Waals surface area contributed by atoms with E-state index in [0.29, 0.717) is 17.9 Å². The molecule has 2 fully saturated rings. The number of hydrogen-bond acceptors (Lipinski definition) is 10. The van der Waals surface area contributed by atoms with E-state index in [0.717, 1.165) is 57.4 Å². The first-order chi connectivity index (χ1) is 48.0. The van der Waals surface area contributed by atoms with Crippen LogP contribution < -0.4 is 39.3 Å². The minimum atomic E-state index is -0.709. The molecule has 14 rings (SSSR count). The number of benzene rings is 8. The van der Waals surface area contributed by atoms with Crippen molar-refractivity contribution < 1.29 is 96.4 Å². The number of carbonyl (C=O) groups excluding carboxylic acids is 6. The van der Waals surface area contributed by atoms with Crippen LogP contribution in [0.15, 0.2) is 151 Å². The predicted molar refractivity (Wildman–Crippen MR) is 400 cm³/mol. The van der Waals surface area contributed by atoms with E-state index in [1.807, 2.05) is 0 Å². The van der Waals surface area contributed by atoms with Crippen LogP contribution in [-0.2, 0) is 60.1 Å². The van der Waals surface area contributed by atoms with Crippen LogP contribution >= 0.6 is 0 Å². The van der Waals surface area contributed by atoms with Gasteiger partial charge in [-0.2, -0.15) is 18.8 Å². The summed E-state index contributed by atoms with van der Waals surface area (Å²) in [5, 5.41) is 31.1. The van der Waals surface area contributed by atoms with Crippen molar-refractivity contribution >= 4 is 130 Å². The van der Waals surface area contributed by atoms with Gasteiger partial charge >= 0.3 is 11.9 Å². The molecule has 0 aliphatic carbocycles. The highest BCUT2D eigenvalue weighted by atomic mass is 79.9. The number of aliphatic carboxylic acids is 1. The van der Waals surface area contributed by atoms with Gasteiger partial charge in [0.1, 0.15) is 19.6 Å². The summed E-state index contributed by atoms with van der Waals surface area (Å²) < 4.78 is 7.18. The standard InChI is InChI=1S/C24H27N2O4.C21H26N2O.C20H23NO2.C15H15N.C4H5NO3.2BrH/c1-16-24(2,3)23-18-9-5-4-8-17(18)11-12-19(23)25(16)15-7-6-10-22(29)30-26-20(27)13-14-21(26)28;1-15-21(2,3)20-17-10-6-5-9-16(17)12-13-18(20)23(15)14-8-7-11-19(24)22-4;1-14-20(2,3)19-16-9-5-4-8-15(16)11-12-17(19)21(14)13-7-6-10-18(22)23;1-10-15(2,3)14-12-7-5-4-6-11(12)8-9-13(14)16-10;6-3-1-2-4(7)5(3)8;;/h4-5,8-9,11-12H,6-7,10,13-15H2,1-3H3;5-6,9-10,12-13H,7-8,11,14H2,1-4H3;4-5,8-9,11-12H,6-7,10,13H2,1-3H3;4-9H,1-3H3;8H,1-2H2;2*1H/q+1;;;;;;. The second-order valence-electron chi connectivity index (χ2n) is 29.2. The van der Waals surface area contributed by atoms with E-state index in [1.54, 1.807) is 7.05 Å². The number of nitrogens with zero attached hydrogens (tertiary/aromatic N) is 6. The number of nitrogens with one attached hydrogen (secondary N) is 1. The fraction of sp³-hybridized carbons (Fsp3) is 0.393. The maximum Gasteiger partial charge on any atom is 0.333 e. The van der Waals surface area contributed by atoms with E-state index in [2.05, 4.69) is 253 Å². The number of hydrogen-bond donors (Lipinski definition) is 3. The van der Waals surface area contributed by atoms with Gasteiger partial charge in [-0.25, -0.2) is 4.79 Å². The first-order valence-corrected chi connectivity index (χ1v) is 35.5. The number of rotatable bonds is 16. The number of carbonyl (C=O) groups is 7. The van der Waals surface area contributed by atoms with Crippen molar-refractivity contribution in [2.24, 2.45) is 4.99 Å². The second-order valence-corrected chi connectivity index (χ2v) is 29.2. The molecule has 17 nitrogen and oxygen atoms in total. The van der Waals surface area contributed by atoms with Crippen LogP contribution in [0.4, 0.5) is 22.7 Å². The Morgan fingerprint density at radius 2 is 0.777 bits per heavy atom. The summed E-state index contributed by atoms with van der Waals surface area (Å²) in [7, 11) is 1.70. The average molecular weight is 1530 g/mol. The Bertz CT molecular complexity index is 4740. The molecule has 0 bridgehead atoms. The number of amides is 5. The molecule has 3 N–H and O–H groups in total. The number of carboxylic acid groups (broad SMARTS) is 1. The SMILES string of the molecule is CC1=Nc2ccc3ccccc3c2C1(C)C.CC1=[N+](CCCCC(=O)O)c2ccc3ccccc3c2C1(C)C.CC1=[N+](CCCCC(=O)ON2C(=O)CCC2=O)c2ccc3ccccc3c2C1(C)C.CNC(=O)CCCC[N+]1=C(C)C(C)(C)c2c1ccc1ccccc21.O=C1CCC(=O)N1O.[Br-].[Br-]. The van der Waals surface area contributed by atoms with Gasteiger partial charge in [-0.05, 0) is 141 Å². The van der Waals surface area contributed by atoms with Crippen molar-refractivity contribution in [2.45, 2.75) is 188 Å². The zero-order chi connectivity index (χ0) is 72.9. The molecule has 6 aliphatic rings. The number of aliphatic imine (C=N–C) groups is 1. The van der Waals surface area contributed by atoms with Gasteiger partial charge in [-0.1, -0.05) is 117 Å². The molecule has 2 saturated heterocycles. The molecule has 19 heteroatoms. The van der Waals surface area contributed by atoms with Crippen LogP contribution in [0, 0.1) is 0 Å². The van der Waals surface area contributed by atoms with Crippen LogP contribution in [0.2, 0.25) is 0 Å². The van der Waals surface area contributed by atoms with Crippen LogP contribution in [-0.4, -0.2) is 125 Å². The molecule has 0 radical (unpaired) electrons. The lowest BCUT2D eigenvalue weighted by Gasteiger charge is -2.21. The molecule has 0 spiro atoms. The number of hydroxylamine groups is 4. The Balaban J connectivity index is 0.000000169. The van der Waals surface area contributed by atoms with E-state index in [-0.39, 0.29) is 105 Å². The monoisotopic (exact) mass is 1520 g/mol. The Kier molecular flexibility index (Phi) is 25.8. The maximum atomic E-state index is 12.0. The maximum absolute atomic E-state index is 12.0. The summed E-state index contributed by atoms with van der Waals surface area (Å²) in [5.41, 5.74) is 15.8. The molecule has 0 unspecified atom stereocenters. The number of imide groups is 2. The van der Waals surface area contributed by atoms with Crippen molar-refractivity contribution in [3.05, 3.63) is 168 Å². The van der Waals surface area contributed by atoms with Crippen molar-refractivity contribution in [1.82, 2.24) is 15.4 Å². The molecule has 8 aromatic carbocycles. The largest absolute Gasteiger partial charge is 1.00 e. The van der Waals surface area contributed by atoms with Gasteiger partial charge in [-0.15, -0.1) is 5.06 Å². The summed E-state index contributed by atoms with van der Waals surface area (Å²) in [6.45, 7) is 29.6. The summed E-state index contributed by atoms with van der Waals surface area (Å²) in [4.78, 5) is 87.3. The lowest BCUT2D eigenvalue weighted by atomic mass is 9.80. The van der Waals surface area contributed by atoms with Gasteiger partial charge in [0.15, 0.2) is 17.1 Å². The van der Waals surface area contributed by atoms with Crippen LogP contribution in [0.5, 0.6) is 0 Å². The Labute approximate surface area is 625 Å². The smallest absolute Gasteiger partial charge is 0.333 e. The quantitative estimate of drug-likeness (QED) is 0.0361. The highest BCUT2D eigenvalue weighted by molar-refractivity contribution is 6.07. The number of halogens is 2. The van der Waals surface area contributed by atoms with E-state index in [4.69, 9.17) is 15.2 Å². The third-order valence-electron chi connectivity index (χ3n) is 21.7. The molecule has 6 heterocycles. The van der Waals surface area contributed by atoms with Crippen molar-refractivity contribution in [2.75, 3.05) is 26.7 Å². The van der Waals surface area contributed by atoms with Crippen molar-refractivity contribution in [3.63, 3.8) is 0 Å². The van der Waals surface area contributed by atoms with E-state index in [9.17, 15) is 33.6 Å². The molecule has 6 aliphatic heterocycles. The molecule has 5 amide bonds. The third kappa shape index (κ3) is 16.5. The van der Waals surface area contributed by atoms with Crippen LogP contribution in [0.1, 0.15) is 189 Å². The van der Waals surface area contributed by atoms with Crippen LogP contribution in [0.25, 0.3) is 43.1 Å². The van der Waals surface area contributed by atoms with Gasteiger partial charge in [0, 0.05) is 138 Å². The van der Waals surface area contributed by atoms with Gasteiger partial charge in [0.25, 0.3) is 23.6 Å². The van der Waals surface area contributed by atoms with E-state index >= 15 is 0 Å². The van der Waals surface area contributed by atoms with Gasteiger partial charge in [0.05, 0.1) is 21.9 Å². The number of carboxylic acids is 1. The minimum Gasteiger partial charge on any atom is -1.00 e. The zero-order valence-corrected chi connectivity index (χ0v) is 64.9. The van der Waals surface area contributed by atoms with E-state index < -0.39 is 35.6 Å². The van der Waals surface area contributed by atoms with Gasteiger partial charge < -0.3 is 49.2 Å². The predicted octanol–water partition coefficient (Wildman–Crippen LogP) is 10.4. The zero-order valence-electron chi connectivity index (χ0n) is 61.8. The van der Waals surface area contributed by atoms with Crippen molar-refractivity contribution in [1.29, 1.82) is 0 Å². The normalized spacial score (nSPS) is 16.7. The fourth-order valence-electron chi connectivity index (χ4n) is 15.0. The fourth-order valence-corrected chi connectivity index (χ4v) is 15.0. The molecular weight excluding hydrogens is 1430 g/mol. The highest BCUT2D eigenvalue weighted by Crippen LogP contribution is 2.48. The molecular formula is C84H98Br2N7O10+. The first kappa shape index (κ1) is 79.8. The van der Waals surface area contributed by atoms with E-state index in [1.165, 1.54) is 105 Å². The Hall–Kier alpha value is -8.91. The Morgan fingerprint density at radius 1 is 0.447 bits per heavy atom. The third-order valence-corrected chi connectivity index (χ3v) is 21.7. The molecule has 0 saturated carbocycles. The number of unbranched alkanes of at least 4 members (excludes halogenated alkanes) is 3. The lowest BCUT2D eigenvalue weighted by Crippen LogP contribution is -3.00. The molecule has 542 valence electrons. The number of fused-ring (bicyclic) bond motifs is 12. The molecule has 103 heavy (non-hydrogen) atoms. The summed E-state index contributed by atoms with van der Waals surface area (Å²) in [6.07, 6.45) is 6.55. The first-order valence-electron chi connectivity index (χ1n) is 35.5. The van der Waals surface area contributed by atoms with Gasteiger partial charge in [0.2, 0.25) is 23.0 Å². The highest BCUT2D eigenvalue weighted by Gasteiger charge is 2.47. The molecule has 0 aromatic heterocycles. The van der Waals surface area contributed by atoms with Gasteiger partial charge in [-0.3, -0.25) is 39.0 Å². The molecule has 0 atom stereocenters. The summed E-state index contributed by atoms with van der Waals surface area (Å²) in [5.74, 6) is -3.01. The lowest BCUT2D eigenvalue weighted by molar-refractivity contribution is -0.439. The second kappa shape index (κ2) is 33.2. The Morgan fingerprint density at radius 3 is 1.13 bits per heavy atom. The van der Waals surface area contributed by atoms with Crippen LogP contribution in [0.3, 0.4) is 0 Å². The average Bonchev–Trinajstić information content (AvgIpc) is 1.60. The molecule has 8 aromatic rings. The summed E-state index contributed by atoms with van der Waals surface area (Å²) in [6, 6.07) is 51.8. The minimum absolute atomic E-state index is 0. The van der Waals surface area contributed by atoms with Crippen molar-refractivity contribution in [3.8, 4) is 0 Å².